The van der Waals surface area contributed by atoms with E-state index in [2.05, 4.69) is 5.10 Å². The van der Waals surface area contributed by atoms with E-state index >= 15 is 0 Å². The van der Waals surface area contributed by atoms with Crippen LogP contribution in [0.1, 0.15) is 19.0 Å². The van der Waals surface area contributed by atoms with Crippen LogP contribution in [0.3, 0.4) is 0 Å². The van der Waals surface area contributed by atoms with E-state index in [0.29, 0.717) is 19.5 Å². The summed E-state index contributed by atoms with van der Waals surface area (Å²) in [6.07, 6.45) is 2.42. The molecule has 2 N–H and O–H groups in total. The van der Waals surface area contributed by atoms with Crippen LogP contribution >= 0.6 is 0 Å². The van der Waals surface area contributed by atoms with Crippen LogP contribution in [0, 0.1) is 0 Å². The van der Waals surface area contributed by atoms with Gasteiger partial charge >= 0.3 is 0 Å². The Kier molecular flexibility index (Phi) is 4.28. The van der Waals surface area contributed by atoms with Crippen molar-refractivity contribution in [1.82, 2.24) is 9.78 Å². The first-order valence-corrected chi connectivity index (χ1v) is 6.82. The fourth-order valence-corrected chi connectivity index (χ4v) is 2.57. The molecule has 0 aliphatic heterocycles. The predicted octanol–water partition coefficient (Wildman–Crippen LogP) is 0.167. The molecule has 0 amide bonds. The first-order valence-electron chi connectivity index (χ1n) is 5.00. The standard InChI is InChI=1S/C9H17N3O2S/c1-2-6-15(13,14)7-5-12-4-3-9(8-10)11-12/h3-4H,2,5-8,10H2,1H3. The van der Waals surface area contributed by atoms with Gasteiger partial charge in [-0.2, -0.15) is 5.10 Å². The van der Waals surface area contributed by atoms with E-state index in [4.69, 9.17) is 5.73 Å². The molecule has 1 rings (SSSR count). The van der Waals surface area contributed by atoms with Crippen molar-refractivity contribution in [2.75, 3.05) is 11.5 Å². The molecule has 0 radical (unpaired) electrons. The van der Waals surface area contributed by atoms with Gasteiger partial charge in [0.1, 0.15) is 0 Å². The van der Waals surface area contributed by atoms with Crippen LogP contribution in [-0.2, 0) is 22.9 Å². The van der Waals surface area contributed by atoms with Gasteiger partial charge < -0.3 is 5.73 Å². The first-order chi connectivity index (χ1) is 7.07. The summed E-state index contributed by atoms with van der Waals surface area (Å²) >= 11 is 0. The minimum Gasteiger partial charge on any atom is -0.325 e. The highest BCUT2D eigenvalue weighted by Gasteiger charge is 2.09. The summed E-state index contributed by atoms with van der Waals surface area (Å²) in [4.78, 5) is 0. The van der Waals surface area contributed by atoms with Crippen molar-refractivity contribution in [2.24, 2.45) is 5.73 Å². The van der Waals surface area contributed by atoms with Gasteiger partial charge in [0.25, 0.3) is 0 Å². The fraction of sp³-hybridized carbons (Fsp3) is 0.667. The average molecular weight is 231 g/mol. The summed E-state index contributed by atoms with van der Waals surface area (Å²) in [5.41, 5.74) is 6.18. The maximum Gasteiger partial charge on any atom is 0.152 e. The molecule has 0 aliphatic carbocycles. The molecule has 0 unspecified atom stereocenters. The number of sulfone groups is 1. The van der Waals surface area contributed by atoms with Gasteiger partial charge in [-0.3, -0.25) is 4.68 Å². The highest BCUT2D eigenvalue weighted by molar-refractivity contribution is 7.91. The fourth-order valence-electron chi connectivity index (χ4n) is 1.28. The van der Waals surface area contributed by atoms with Crippen LogP contribution in [0.15, 0.2) is 12.3 Å². The van der Waals surface area contributed by atoms with Gasteiger partial charge in [0, 0.05) is 18.5 Å². The molecule has 0 bridgehead atoms. The zero-order chi connectivity index (χ0) is 11.3. The van der Waals surface area contributed by atoms with Gasteiger partial charge in [-0.15, -0.1) is 0 Å². The quantitative estimate of drug-likeness (QED) is 0.757. The molecule has 6 heteroatoms. The molecular weight excluding hydrogens is 214 g/mol. The number of rotatable bonds is 6. The third kappa shape index (κ3) is 4.01. The number of aromatic nitrogens is 2. The lowest BCUT2D eigenvalue weighted by molar-refractivity contribution is 0.578. The van der Waals surface area contributed by atoms with E-state index in [1.807, 2.05) is 6.92 Å². The summed E-state index contributed by atoms with van der Waals surface area (Å²) in [5.74, 6) is 0.393. The van der Waals surface area contributed by atoms with Crippen molar-refractivity contribution in [3.05, 3.63) is 18.0 Å². The van der Waals surface area contributed by atoms with Crippen LogP contribution in [0.4, 0.5) is 0 Å². The maximum absolute atomic E-state index is 11.4. The second kappa shape index (κ2) is 5.27. The molecule has 15 heavy (non-hydrogen) atoms. The van der Waals surface area contributed by atoms with Crippen LogP contribution < -0.4 is 5.73 Å². The Morgan fingerprint density at radius 2 is 2.20 bits per heavy atom. The molecule has 0 aromatic carbocycles. The third-order valence-electron chi connectivity index (χ3n) is 2.05. The van der Waals surface area contributed by atoms with E-state index in [1.165, 1.54) is 0 Å². The van der Waals surface area contributed by atoms with Crippen molar-refractivity contribution >= 4 is 9.84 Å². The number of hydrogen-bond donors (Lipinski definition) is 1. The lowest BCUT2D eigenvalue weighted by atomic mass is 10.4. The summed E-state index contributed by atoms with van der Waals surface area (Å²) < 4.78 is 24.4. The van der Waals surface area contributed by atoms with Crippen molar-refractivity contribution in [1.29, 1.82) is 0 Å². The van der Waals surface area contributed by atoms with Gasteiger partial charge in [0.2, 0.25) is 0 Å². The number of aryl methyl sites for hydroxylation is 1. The molecule has 0 fully saturated rings. The van der Waals surface area contributed by atoms with E-state index in [1.54, 1.807) is 16.9 Å². The molecule has 0 saturated heterocycles. The van der Waals surface area contributed by atoms with Gasteiger partial charge in [0.15, 0.2) is 9.84 Å². The zero-order valence-corrected chi connectivity index (χ0v) is 9.70. The second-order valence-corrected chi connectivity index (χ2v) is 5.73. The number of nitrogens with zero attached hydrogens (tertiary/aromatic N) is 2. The van der Waals surface area contributed by atoms with Crippen molar-refractivity contribution in [3.8, 4) is 0 Å². The second-order valence-electron chi connectivity index (χ2n) is 3.43. The van der Waals surface area contributed by atoms with Crippen LogP contribution in [-0.4, -0.2) is 29.7 Å². The molecule has 1 aromatic rings. The summed E-state index contributed by atoms with van der Waals surface area (Å²) in [6.45, 7) is 2.65. The Labute approximate surface area is 90.2 Å². The Bertz CT molecular complexity index is 397. The Hall–Kier alpha value is -0.880. The van der Waals surface area contributed by atoms with E-state index < -0.39 is 9.84 Å². The number of hydrogen-bond acceptors (Lipinski definition) is 4. The predicted molar refractivity (Wildman–Crippen MR) is 59.1 cm³/mol. The topological polar surface area (TPSA) is 78.0 Å². The molecule has 86 valence electrons. The third-order valence-corrected chi connectivity index (χ3v) is 3.89. The molecule has 0 atom stereocenters. The zero-order valence-electron chi connectivity index (χ0n) is 8.89. The van der Waals surface area contributed by atoms with E-state index in [0.717, 1.165) is 5.69 Å². The van der Waals surface area contributed by atoms with Crippen LogP contribution in [0.2, 0.25) is 0 Å². The van der Waals surface area contributed by atoms with Crippen LogP contribution in [0.25, 0.3) is 0 Å². The minimum absolute atomic E-state index is 0.145. The van der Waals surface area contributed by atoms with E-state index in [-0.39, 0.29) is 11.5 Å². The molecule has 5 nitrogen and oxygen atoms in total. The van der Waals surface area contributed by atoms with Crippen LogP contribution in [0.5, 0.6) is 0 Å². The van der Waals surface area contributed by atoms with Crippen molar-refractivity contribution in [2.45, 2.75) is 26.4 Å². The van der Waals surface area contributed by atoms with Gasteiger partial charge in [-0.05, 0) is 12.5 Å². The lowest BCUT2D eigenvalue weighted by Crippen LogP contribution is -2.16. The normalized spacial score (nSPS) is 11.9. The molecular formula is C9H17N3O2S. The van der Waals surface area contributed by atoms with Crippen molar-refractivity contribution < 1.29 is 8.42 Å². The molecule has 0 spiro atoms. The molecule has 0 saturated carbocycles. The Balaban J connectivity index is 2.50. The lowest BCUT2D eigenvalue weighted by Gasteiger charge is -2.02. The SMILES string of the molecule is CCCS(=O)(=O)CCn1ccc(CN)n1. The van der Waals surface area contributed by atoms with Gasteiger partial charge in [-0.25, -0.2) is 8.42 Å². The molecule has 0 aliphatic rings. The Morgan fingerprint density at radius 1 is 1.47 bits per heavy atom. The van der Waals surface area contributed by atoms with Crippen molar-refractivity contribution in [3.63, 3.8) is 0 Å². The minimum atomic E-state index is -2.92. The maximum atomic E-state index is 11.4. The monoisotopic (exact) mass is 231 g/mol. The smallest absolute Gasteiger partial charge is 0.152 e. The molecule has 1 aromatic heterocycles. The summed E-state index contributed by atoms with van der Waals surface area (Å²) in [7, 11) is -2.92. The highest BCUT2D eigenvalue weighted by atomic mass is 32.2. The summed E-state index contributed by atoms with van der Waals surface area (Å²) in [6, 6.07) is 1.80. The first kappa shape index (κ1) is 12.2. The summed E-state index contributed by atoms with van der Waals surface area (Å²) in [5, 5.41) is 4.12. The largest absolute Gasteiger partial charge is 0.325 e. The average Bonchev–Trinajstić information content (AvgIpc) is 2.62. The van der Waals surface area contributed by atoms with Gasteiger partial charge in [-0.1, -0.05) is 6.92 Å². The highest BCUT2D eigenvalue weighted by Crippen LogP contribution is 1.98. The Morgan fingerprint density at radius 3 is 2.73 bits per heavy atom. The van der Waals surface area contributed by atoms with E-state index in [9.17, 15) is 8.42 Å². The molecule has 1 heterocycles. The van der Waals surface area contributed by atoms with Gasteiger partial charge in [0.05, 0.1) is 18.0 Å². The number of nitrogens with two attached hydrogens (primary N) is 1.